The SMILES string of the molecule is CO.COc1cc(CN(CC(F)F)C2CCC(N=C(C)N(C)CCOc3ccc(C)cc3-c3cc(C)nc4c(C=O)csc34)=C(C=O)C2)ccn1. The molecule has 0 aliphatic heterocycles. The first-order valence-electron chi connectivity index (χ1n) is 16.6. The zero-order valence-electron chi connectivity index (χ0n) is 29.9. The number of aromatic nitrogens is 2. The quantitative estimate of drug-likeness (QED) is 0.0843. The Bertz CT molecular complexity index is 1880. The summed E-state index contributed by atoms with van der Waals surface area (Å²) in [7, 11) is 4.43. The molecule has 3 aromatic heterocycles. The number of nitrogens with zero attached hydrogens (tertiary/aromatic N) is 5. The number of pyridine rings is 2. The standard InChI is InChI=1S/C37H41F2N5O4S.CH4O/c1-23-6-9-33(30(14-23)31-15-24(2)41-36-28(21-46)22-49-37(31)36)48-13-12-43(4)25(3)42-32-8-7-29(17-27(32)20-45)44(19-34(38)39)18-26-10-11-40-35(16-26)47-5;1-2/h6,9-11,14-16,20-22,29,34H,7-8,12-13,17-19H2,1-5H3;2H,1H3. The van der Waals surface area contributed by atoms with Crippen LogP contribution in [0.25, 0.3) is 21.3 Å². The summed E-state index contributed by atoms with van der Waals surface area (Å²) in [6, 6.07) is 11.4. The van der Waals surface area contributed by atoms with Gasteiger partial charge in [0.1, 0.15) is 24.5 Å². The van der Waals surface area contributed by atoms with Gasteiger partial charge in [-0.3, -0.25) is 19.5 Å². The Hall–Kier alpha value is -4.59. The smallest absolute Gasteiger partial charge is 0.251 e. The molecule has 1 atom stereocenters. The van der Waals surface area contributed by atoms with Crippen molar-refractivity contribution in [1.82, 2.24) is 19.8 Å². The largest absolute Gasteiger partial charge is 0.491 e. The first kappa shape index (κ1) is 39.2. The fourth-order valence-corrected chi connectivity index (χ4v) is 7.04. The number of rotatable bonds is 14. The number of hydrogen-bond donors (Lipinski definition) is 1. The van der Waals surface area contributed by atoms with Crippen molar-refractivity contribution in [1.29, 1.82) is 0 Å². The molecule has 1 aliphatic rings. The maximum Gasteiger partial charge on any atom is 0.251 e. The Morgan fingerprint density at radius 3 is 2.63 bits per heavy atom. The molecule has 13 heteroatoms. The molecule has 1 aliphatic carbocycles. The van der Waals surface area contributed by atoms with Crippen molar-refractivity contribution in [3.05, 3.63) is 81.6 Å². The molecule has 0 fully saturated rings. The van der Waals surface area contributed by atoms with Crippen LogP contribution in [-0.4, -0.2) is 96.7 Å². The number of methoxy groups -OCH3 is 1. The number of aryl methyl sites for hydroxylation is 2. The molecule has 1 unspecified atom stereocenters. The molecule has 1 N–H and O–H groups in total. The van der Waals surface area contributed by atoms with E-state index in [2.05, 4.69) is 16.0 Å². The van der Waals surface area contributed by atoms with Gasteiger partial charge in [0.2, 0.25) is 5.88 Å². The van der Waals surface area contributed by atoms with Gasteiger partial charge in [-0.1, -0.05) is 11.6 Å². The van der Waals surface area contributed by atoms with E-state index in [1.807, 2.05) is 56.3 Å². The van der Waals surface area contributed by atoms with Crippen molar-refractivity contribution in [2.45, 2.75) is 59.0 Å². The Morgan fingerprint density at radius 2 is 1.92 bits per heavy atom. The van der Waals surface area contributed by atoms with Crippen LogP contribution in [0.4, 0.5) is 8.78 Å². The molecule has 51 heavy (non-hydrogen) atoms. The highest BCUT2D eigenvalue weighted by molar-refractivity contribution is 7.18. The molecule has 10 nitrogen and oxygen atoms in total. The van der Waals surface area contributed by atoms with Gasteiger partial charge in [-0.25, -0.2) is 18.8 Å². The minimum absolute atomic E-state index is 0.230. The van der Waals surface area contributed by atoms with Crippen molar-refractivity contribution in [3.8, 4) is 22.8 Å². The van der Waals surface area contributed by atoms with E-state index in [4.69, 9.17) is 19.6 Å². The second kappa shape index (κ2) is 18.6. The lowest BCUT2D eigenvalue weighted by molar-refractivity contribution is -0.105. The Labute approximate surface area is 301 Å². The van der Waals surface area contributed by atoms with Crippen LogP contribution >= 0.6 is 11.3 Å². The van der Waals surface area contributed by atoms with Gasteiger partial charge in [0.05, 0.1) is 36.0 Å². The minimum atomic E-state index is -2.51. The van der Waals surface area contributed by atoms with Crippen LogP contribution in [0.15, 0.2) is 64.2 Å². The molecule has 0 bridgehead atoms. The van der Waals surface area contributed by atoms with E-state index in [9.17, 15) is 18.4 Å². The van der Waals surface area contributed by atoms with Gasteiger partial charge in [0, 0.05) is 72.5 Å². The number of thiophene rings is 1. The number of amidine groups is 1. The fourth-order valence-electron chi connectivity index (χ4n) is 6.06. The zero-order valence-corrected chi connectivity index (χ0v) is 30.7. The van der Waals surface area contributed by atoms with Crippen LogP contribution in [0.1, 0.15) is 53.4 Å². The molecular weight excluding hydrogens is 677 g/mol. The average molecular weight is 722 g/mol. The van der Waals surface area contributed by atoms with E-state index in [0.717, 1.165) is 63.9 Å². The minimum Gasteiger partial charge on any atom is -0.491 e. The first-order valence-corrected chi connectivity index (χ1v) is 17.4. The summed E-state index contributed by atoms with van der Waals surface area (Å²) in [5.41, 5.74) is 7.11. The summed E-state index contributed by atoms with van der Waals surface area (Å²) in [6.45, 7) is 6.64. The molecule has 0 saturated heterocycles. The molecule has 1 aromatic carbocycles. The molecule has 3 heterocycles. The number of halogens is 2. The van der Waals surface area contributed by atoms with E-state index in [-0.39, 0.29) is 6.04 Å². The van der Waals surface area contributed by atoms with Crippen molar-refractivity contribution in [2.24, 2.45) is 4.99 Å². The second-order valence-electron chi connectivity index (χ2n) is 12.2. The third-order valence-corrected chi connectivity index (χ3v) is 9.75. The number of hydrogen-bond acceptors (Lipinski definition) is 10. The van der Waals surface area contributed by atoms with Gasteiger partial charge in [0.25, 0.3) is 6.43 Å². The molecule has 272 valence electrons. The number of allylic oxidation sites excluding steroid dienone is 1. The third kappa shape index (κ3) is 10.0. The van der Waals surface area contributed by atoms with Crippen LogP contribution in [0.2, 0.25) is 0 Å². The van der Waals surface area contributed by atoms with Crippen LogP contribution in [0, 0.1) is 13.8 Å². The number of aliphatic hydroxyl groups is 1. The van der Waals surface area contributed by atoms with Crippen LogP contribution < -0.4 is 9.47 Å². The summed E-state index contributed by atoms with van der Waals surface area (Å²) in [5, 5.41) is 8.83. The van der Waals surface area contributed by atoms with Crippen molar-refractivity contribution in [2.75, 3.05) is 41.0 Å². The maximum absolute atomic E-state index is 13.6. The lowest BCUT2D eigenvalue weighted by atomic mass is 9.91. The number of aliphatic imine (C=N–C) groups is 1. The van der Waals surface area contributed by atoms with E-state index in [1.165, 1.54) is 18.4 Å². The molecule has 0 spiro atoms. The van der Waals surface area contributed by atoms with E-state index in [1.54, 1.807) is 23.2 Å². The van der Waals surface area contributed by atoms with E-state index < -0.39 is 13.0 Å². The normalized spacial score (nSPS) is 14.8. The number of fused-ring (bicyclic) bond motifs is 1. The summed E-state index contributed by atoms with van der Waals surface area (Å²) in [6.07, 6.45) is 2.17. The highest BCUT2D eigenvalue weighted by atomic mass is 32.1. The number of ether oxygens (including phenoxy) is 2. The summed E-state index contributed by atoms with van der Waals surface area (Å²) < 4.78 is 39.7. The molecule has 5 rings (SSSR count). The Kier molecular flexibility index (Phi) is 14.3. The molecular formula is C38H45F2N5O5S. The highest BCUT2D eigenvalue weighted by Crippen LogP contribution is 2.39. The molecule has 0 saturated carbocycles. The monoisotopic (exact) mass is 721 g/mol. The Morgan fingerprint density at radius 1 is 1.14 bits per heavy atom. The predicted molar refractivity (Wildman–Crippen MR) is 197 cm³/mol. The number of benzene rings is 1. The maximum atomic E-state index is 13.6. The van der Waals surface area contributed by atoms with E-state index >= 15 is 0 Å². The number of aliphatic hydroxyl groups excluding tert-OH is 1. The van der Waals surface area contributed by atoms with Crippen LogP contribution in [-0.2, 0) is 11.3 Å². The third-order valence-electron chi connectivity index (χ3n) is 8.73. The topological polar surface area (TPSA) is 117 Å². The van der Waals surface area contributed by atoms with Crippen LogP contribution in [0.5, 0.6) is 11.6 Å². The molecule has 0 amide bonds. The van der Waals surface area contributed by atoms with Gasteiger partial charge in [-0.15, -0.1) is 11.3 Å². The predicted octanol–water partition coefficient (Wildman–Crippen LogP) is 6.91. The van der Waals surface area contributed by atoms with E-state index in [0.29, 0.717) is 67.2 Å². The lowest BCUT2D eigenvalue weighted by Gasteiger charge is -2.34. The average Bonchev–Trinajstić information content (AvgIpc) is 3.55. The first-order chi connectivity index (χ1) is 24.6. The van der Waals surface area contributed by atoms with Crippen LogP contribution in [0.3, 0.4) is 0 Å². The molecule has 0 radical (unpaired) electrons. The zero-order chi connectivity index (χ0) is 37.1. The lowest BCUT2D eigenvalue weighted by Crippen LogP contribution is -2.40. The second-order valence-corrected chi connectivity index (χ2v) is 13.1. The van der Waals surface area contributed by atoms with Crippen molar-refractivity contribution in [3.63, 3.8) is 0 Å². The van der Waals surface area contributed by atoms with Crippen molar-refractivity contribution >= 4 is 40.0 Å². The van der Waals surface area contributed by atoms with Gasteiger partial charge in [-0.05, 0) is 69.9 Å². The van der Waals surface area contributed by atoms with Gasteiger partial charge in [-0.2, -0.15) is 0 Å². The highest BCUT2D eigenvalue weighted by Gasteiger charge is 2.28. The number of likely N-dealkylation sites (N-methyl/N-ethyl adjacent to an activating group) is 1. The number of aldehydes is 2. The van der Waals surface area contributed by atoms with Gasteiger partial charge in [0.15, 0.2) is 6.29 Å². The molecule has 4 aromatic rings. The van der Waals surface area contributed by atoms with Crippen molar-refractivity contribution < 1.29 is 33.0 Å². The summed E-state index contributed by atoms with van der Waals surface area (Å²) in [5.74, 6) is 1.87. The number of alkyl halides is 2. The number of carbonyl (C=O) groups is 2. The Balaban J connectivity index is 0.00000286. The summed E-state index contributed by atoms with van der Waals surface area (Å²) in [4.78, 5) is 41.1. The van der Waals surface area contributed by atoms with Gasteiger partial charge < -0.3 is 19.5 Å². The van der Waals surface area contributed by atoms with Gasteiger partial charge >= 0.3 is 0 Å². The number of carbonyl (C=O) groups excluding carboxylic acids is 2. The summed E-state index contributed by atoms with van der Waals surface area (Å²) >= 11 is 1.49. The fraction of sp³-hybridized carbons (Fsp3) is 0.395.